The van der Waals surface area contributed by atoms with E-state index in [0.717, 1.165) is 30.0 Å². The van der Waals surface area contributed by atoms with E-state index in [2.05, 4.69) is 5.32 Å². The number of likely N-dealkylation sites (tertiary alicyclic amines) is 1. The zero-order valence-corrected chi connectivity index (χ0v) is 13.3. The second-order valence-corrected chi connectivity index (χ2v) is 6.23. The molecule has 2 atom stereocenters. The molecule has 2 saturated heterocycles. The Morgan fingerprint density at radius 2 is 2.00 bits per heavy atom. The molecule has 1 aromatic rings. The zero-order valence-electron chi connectivity index (χ0n) is 11.7. The van der Waals surface area contributed by atoms with Crippen LogP contribution in [0.15, 0.2) is 29.2 Å². The Hall–Kier alpha value is -0.710. The molecule has 0 aliphatic carbocycles. The lowest BCUT2D eigenvalue weighted by Gasteiger charge is -2.25. The molecule has 20 heavy (non-hydrogen) atoms. The Balaban J connectivity index is 0.00000147. The van der Waals surface area contributed by atoms with E-state index in [1.54, 1.807) is 11.8 Å². The monoisotopic (exact) mass is 312 g/mol. The fraction of sp³-hybridized carbons (Fsp3) is 0.533. The molecule has 2 fully saturated rings. The molecule has 0 aromatic heterocycles. The predicted octanol–water partition coefficient (Wildman–Crippen LogP) is 2.80. The van der Waals surface area contributed by atoms with E-state index in [1.165, 1.54) is 12.8 Å². The normalized spacial score (nSPS) is 24.9. The maximum absolute atomic E-state index is 12.7. The zero-order chi connectivity index (χ0) is 13.2. The third-order valence-corrected chi connectivity index (χ3v) is 4.94. The van der Waals surface area contributed by atoms with Crippen molar-refractivity contribution in [1.82, 2.24) is 10.2 Å². The van der Waals surface area contributed by atoms with E-state index in [0.29, 0.717) is 12.1 Å². The van der Waals surface area contributed by atoms with Crippen molar-refractivity contribution in [1.29, 1.82) is 0 Å². The first kappa shape index (κ1) is 15.7. The number of carbonyl (C=O) groups is 1. The highest BCUT2D eigenvalue weighted by atomic mass is 35.5. The summed E-state index contributed by atoms with van der Waals surface area (Å²) in [6.45, 7) is 1.74. The molecule has 0 saturated carbocycles. The van der Waals surface area contributed by atoms with Gasteiger partial charge in [-0.1, -0.05) is 12.1 Å². The average Bonchev–Trinajstić information content (AvgIpc) is 2.77. The van der Waals surface area contributed by atoms with Crippen molar-refractivity contribution in [2.75, 3.05) is 19.3 Å². The highest BCUT2D eigenvalue weighted by Gasteiger charge is 2.31. The smallest absolute Gasteiger partial charge is 0.255 e. The third-order valence-electron chi connectivity index (χ3n) is 4.15. The molecular formula is C15H21ClN2OS. The van der Waals surface area contributed by atoms with E-state index < -0.39 is 0 Å². The van der Waals surface area contributed by atoms with Crippen molar-refractivity contribution in [3.63, 3.8) is 0 Å². The van der Waals surface area contributed by atoms with Gasteiger partial charge in [-0.25, -0.2) is 0 Å². The molecule has 0 spiro atoms. The molecule has 1 aromatic carbocycles. The number of thioether (sulfide) groups is 1. The highest BCUT2D eigenvalue weighted by Crippen LogP contribution is 2.25. The number of nitrogens with one attached hydrogen (secondary N) is 1. The quantitative estimate of drug-likeness (QED) is 0.852. The van der Waals surface area contributed by atoms with Gasteiger partial charge in [0.1, 0.15) is 0 Å². The van der Waals surface area contributed by atoms with Gasteiger partial charge in [-0.15, -0.1) is 24.2 Å². The Bertz CT molecular complexity index is 483. The van der Waals surface area contributed by atoms with Gasteiger partial charge in [0.15, 0.2) is 0 Å². The summed E-state index contributed by atoms with van der Waals surface area (Å²) >= 11 is 1.65. The minimum Gasteiger partial charge on any atom is -0.337 e. The van der Waals surface area contributed by atoms with Crippen LogP contribution in [0.2, 0.25) is 0 Å². The van der Waals surface area contributed by atoms with Crippen LogP contribution in [0.3, 0.4) is 0 Å². The minimum absolute atomic E-state index is 0. The molecule has 5 heteroatoms. The Morgan fingerprint density at radius 1 is 1.25 bits per heavy atom. The Kier molecular flexibility index (Phi) is 5.35. The van der Waals surface area contributed by atoms with Crippen LogP contribution >= 0.6 is 24.2 Å². The standard InChI is InChI=1S/C15H20N2OS.ClH/c1-19-14-5-3-2-4-13(14)15(18)17-9-8-11-6-7-12(10-17)16-11;/h2-5,11-12,16H,6-10H2,1H3;1H. The first-order valence-corrected chi connectivity index (χ1v) is 8.18. The third kappa shape index (κ3) is 3.13. The van der Waals surface area contributed by atoms with Crippen LogP contribution in [-0.4, -0.2) is 42.2 Å². The van der Waals surface area contributed by atoms with Crippen molar-refractivity contribution in [2.24, 2.45) is 0 Å². The van der Waals surface area contributed by atoms with Gasteiger partial charge in [0.2, 0.25) is 0 Å². The molecule has 2 unspecified atom stereocenters. The first-order valence-electron chi connectivity index (χ1n) is 6.96. The number of amides is 1. The number of rotatable bonds is 2. The molecular weight excluding hydrogens is 292 g/mol. The summed E-state index contributed by atoms with van der Waals surface area (Å²) in [6.07, 6.45) is 5.59. The molecule has 0 radical (unpaired) electrons. The average molecular weight is 313 g/mol. The van der Waals surface area contributed by atoms with Crippen LogP contribution in [0.5, 0.6) is 0 Å². The molecule has 2 aliphatic rings. The van der Waals surface area contributed by atoms with Crippen LogP contribution in [0.25, 0.3) is 0 Å². The van der Waals surface area contributed by atoms with Crippen LogP contribution in [0, 0.1) is 0 Å². The van der Waals surface area contributed by atoms with Crippen molar-refractivity contribution in [2.45, 2.75) is 36.2 Å². The number of nitrogens with zero attached hydrogens (tertiary/aromatic N) is 1. The van der Waals surface area contributed by atoms with Gasteiger partial charge >= 0.3 is 0 Å². The summed E-state index contributed by atoms with van der Waals surface area (Å²) in [7, 11) is 0. The number of hydrogen-bond acceptors (Lipinski definition) is 3. The van der Waals surface area contributed by atoms with Gasteiger partial charge in [-0.2, -0.15) is 0 Å². The molecule has 110 valence electrons. The van der Waals surface area contributed by atoms with Crippen LogP contribution in [0.1, 0.15) is 29.6 Å². The lowest BCUT2D eigenvalue weighted by molar-refractivity contribution is 0.0744. The lowest BCUT2D eigenvalue weighted by Crippen LogP contribution is -2.39. The number of hydrogen-bond donors (Lipinski definition) is 1. The van der Waals surface area contributed by atoms with E-state index in [-0.39, 0.29) is 18.3 Å². The van der Waals surface area contributed by atoms with Crippen LogP contribution in [0.4, 0.5) is 0 Å². The first-order chi connectivity index (χ1) is 9.28. The highest BCUT2D eigenvalue weighted by molar-refractivity contribution is 7.98. The number of benzene rings is 1. The lowest BCUT2D eigenvalue weighted by atomic mass is 10.1. The summed E-state index contributed by atoms with van der Waals surface area (Å²) in [5, 5.41) is 3.62. The molecule has 3 nitrogen and oxygen atoms in total. The Labute approximate surface area is 130 Å². The summed E-state index contributed by atoms with van der Waals surface area (Å²) < 4.78 is 0. The maximum atomic E-state index is 12.7. The fourth-order valence-corrected chi connectivity index (χ4v) is 3.71. The SMILES string of the molecule is CSc1ccccc1C(=O)N1CCC2CCC(C1)N2.Cl. The molecule has 2 heterocycles. The van der Waals surface area contributed by atoms with E-state index in [1.807, 2.05) is 35.4 Å². The van der Waals surface area contributed by atoms with Crippen molar-refractivity contribution in [3.8, 4) is 0 Å². The van der Waals surface area contributed by atoms with Crippen LogP contribution < -0.4 is 5.32 Å². The largest absolute Gasteiger partial charge is 0.337 e. The summed E-state index contributed by atoms with van der Waals surface area (Å²) in [6, 6.07) is 9.05. The Morgan fingerprint density at radius 3 is 2.80 bits per heavy atom. The second kappa shape index (κ2) is 6.83. The van der Waals surface area contributed by atoms with Crippen molar-refractivity contribution < 1.29 is 4.79 Å². The van der Waals surface area contributed by atoms with Gasteiger partial charge in [-0.05, 0) is 37.7 Å². The summed E-state index contributed by atoms with van der Waals surface area (Å²) in [4.78, 5) is 15.8. The molecule has 3 rings (SSSR count). The van der Waals surface area contributed by atoms with Gasteiger partial charge in [0, 0.05) is 30.1 Å². The number of fused-ring (bicyclic) bond motifs is 2. The van der Waals surface area contributed by atoms with E-state index >= 15 is 0 Å². The predicted molar refractivity (Wildman–Crippen MR) is 85.9 cm³/mol. The maximum Gasteiger partial charge on any atom is 0.255 e. The molecule has 1 N–H and O–H groups in total. The molecule has 2 aliphatic heterocycles. The summed E-state index contributed by atoms with van der Waals surface area (Å²) in [5.74, 6) is 0.194. The van der Waals surface area contributed by atoms with Crippen LogP contribution in [-0.2, 0) is 0 Å². The van der Waals surface area contributed by atoms with Crippen molar-refractivity contribution in [3.05, 3.63) is 29.8 Å². The minimum atomic E-state index is 0. The number of halogens is 1. The fourth-order valence-electron chi connectivity index (χ4n) is 3.12. The van der Waals surface area contributed by atoms with Gasteiger partial charge in [0.05, 0.1) is 5.56 Å². The van der Waals surface area contributed by atoms with Gasteiger partial charge in [0.25, 0.3) is 5.91 Å². The van der Waals surface area contributed by atoms with Gasteiger partial charge in [-0.3, -0.25) is 4.79 Å². The molecule has 2 bridgehead atoms. The number of carbonyl (C=O) groups excluding carboxylic acids is 1. The summed E-state index contributed by atoms with van der Waals surface area (Å²) in [5.41, 5.74) is 0.854. The van der Waals surface area contributed by atoms with E-state index in [4.69, 9.17) is 0 Å². The molecule has 1 amide bonds. The second-order valence-electron chi connectivity index (χ2n) is 5.38. The topological polar surface area (TPSA) is 32.3 Å². The van der Waals surface area contributed by atoms with E-state index in [9.17, 15) is 4.79 Å². The van der Waals surface area contributed by atoms with Crippen molar-refractivity contribution >= 4 is 30.1 Å². The van der Waals surface area contributed by atoms with Gasteiger partial charge < -0.3 is 10.2 Å².